The van der Waals surface area contributed by atoms with Crippen LogP contribution in [0.2, 0.25) is 0 Å². The molecule has 0 fully saturated rings. The molecule has 3 heteroatoms. The molecule has 1 heterocycles. The lowest BCUT2D eigenvalue weighted by Crippen LogP contribution is -2.26. The summed E-state index contributed by atoms with van der Waals surface area (Å²) in [4.78, 5) is 6.88. The number of rotatable bonds is 7. The highest BCUT2D eigenvalue weighted by Crippen LogP contribution is 2.23. The first-order valence-electron chi connectivity index (χ1n) is 7.03. The van der Waals surface area contributed by atoms with Crippen molar-refractivity contribution in [1.29, 1.82) is 0 Å². The first kappa shape index (κ1) is 15.0. The molecule has 0 spiro atoms. The van der Waals surface area contributed by atoms with Gasteiger partial charge in [-0.25, -0.2) is 4.98 Å². The van der Waals surface area contributed by atoms with Gasteiger partial charge in [0.05, 0.1) is 6.10 Å². The minimum absolute atomic E-state index is 0.393. The van der Waals surface area contributed by atoms with Crippen molar-refractivity contribution < 1.29 is 5.11 Å². The van der Waals surface area contributed by atoms with E-state index in [0.29, 0.717) is 0 Å². The second-order valence-electron chi connectivity index (χ2n) is 4.82. The van der Waals surface area contributed by atoms with Gasteiger partial charge in [-0.1, -0.05) is 20.8 Å². The highest BCUT2D eigenvalue weighted by molar-refractivity contribution is 5.47. The van der Waals surface area contributed by atoms with Crippen molar-refractivity contribution in [3.63, 3.8) is 0 Å². The number of nitrogens with zero attached hydrogens (tertiary/aromatic N) is 2. The number of aliphatic hydroxyl groups is 1. The average molecular weight is 250 g/mol. The summed E-state index contributed by atoms with van der Waals surface area (Å²) in [6.45, 7) is 10.5. The largest absolute Gasteiger partial charge is 0.388 e. The molecule has 0 aliphatic carbocycles. The van der Waals surface area contributed by atoms with E-state index >= 15 is 0 Å². The molecule has 0 radical (unpaired) electrons. The predicted molar refractivity (Wildman–Crippen MR) is 77.0 cm³/mol. The molecule has 1 unspecified atom stereocenters. The molecule has 0 aliphatic heterocycles. The molecule has 1 rings (SSSR count). The van der Waals surface area contributed by atoms with Crippen LogP contribution in [0.3, 0.4) is 0 Å². The van der Waals surface area contributed by atoms with E-state index in [9.17, 15) is 5.11 Å². The van der Waals surface area contributed by atoms with Crippen LogP contribution in [0.1, 0.15) is 57.3 Å². The number of aryl methyl sites for hydroxylation is 1. The van der Waals surface area contributed by atoms with Crippen molar-refractivity contribution in [2.24, 2.45) is 0 Å². The number of anilines is 1. The van der Waals surface area contributed by atoms with Crippen LogP contribution in [-0.2, 0) is 0 Å². The Labute approximate surface area is 111 Å². The Morgan fingerprint density at radius 1 is 1.22 bits per heavy atom. The second kappa shape index (κ2) is 7.37. The molecule has 0 bridgehead atoms. The summed E-state index contributed by atoms with van der Waals surface area (Å²) in [6, 6.07) is 2.06. The van der Waals surface area contributed by atoms with Gasteiger partial charge in [0.15, 0.2) is 0 Å². The fraction of sp³-hybridized carbons (Fsp3) is 0.667. The normalized spacial score (nSPS) is 12.5. The molecule has 0 aliphatic rings. The maximum absolute atomic E-state index is 9.84. The molecule has 18 heavy (non-hydrogen) atoms. The summed E-state index contributed by atoms with van der Waals surface area (Å²) >= 11 is 0. The van der Waals surface area contributed by atoms with E-state index in [0.717, 1.165) is 49.3 Å². The van der Waals surface area contributed by atoms with Crippen molar-refractivity contribution in [3.05, 3.63) is 23.4 Å². The Kier molecular flexibility index (Phi) is 6.13. The van der Waals surface area contributed by atoms with Gasteiger partial charge in [0.1, 0.15) is 5.82 Å². The zero-order valence-electron chi connectivity index (χ0n) is 12.1. The Morgan fingerprint density at radius 3 is 2.28 bits per heavy atom. The van der Waals surface area contributed by atoms with Gasteiger partial charge in [0.25, 0.3) is 0 Å². The molecular weight excluding hydrogens is 224 g/mol. The highest BCUT2D eigenvalue weighted by atomic mass is 16.3. The van der Waals surface area contributed by atoms with Crippen LogP contribution in [0.25, 0.3) is 0 Å². The summed E-state index contributed by atoms with van der Waals surface area (Å²) in [7, 11) is 0. The van der Waals surface area contributed by atoms with Crippen LogP contribution in [0.15, 0.2) is 12.3 Å². The van der Waals surface area contributed by atoms with Crippen LogP contribution >= 0.6 is 0 Å². The first-order chi connectivity index (χ1) is 8.63. The van der Waals surface area contributed by atoms with Gasteiger partial charge in [-0.2, -0.15) is 0 Å². The van der Waals surface area contributed by atoms with Crippen LogP contribution < -0.4 is 4.90 Å². The zero-order chi connectivity index (χ0) is 13.5. The Balaban J connectivity index is 2.95. The summed E-state index contributed by atoms with van der Waals surface area (Å²) in [5.41, 5.74) is 2.08. The topological polar surface area (TPSA) is 36.4 Å². The summed E-state index contributed by atoms with van der Waals surface area (Å²) < 4.78 is 0. The van der Waals surface area contributed by atoms with Crippen molar-refractivity contribution in [2.45, 2.75) is 53.1 Å². The van der Waals surface area contributed by atoms with Crippen LogP contribution in [0.4, 0.5) is 5.82 Å². The monoisotopic (exact) mass is 250 g/mol. The molecule has 0 amide bonds. The quantitative estimate of drug-likeness (QED) is 0.805. The summed E-state index contributed by atoms with van der Waals surface area (Å²) in [6.07, 6.45) is 4.40. The molecule has 102 valence electrons. The van der Waals surface area contributed by atoms with E-state index in [1.54, 1.807) is 0 Å². The number of pyridine rings is 1. The average Bonchev–Trinajstić information content (AvgIpc) is 2.37. The van der Waals surface area contributed by atoms with Crippen LogP contribution in [-0.4, -0.2) is 23.2 Å². The van der Waals surface area contributed by atoms with Crippen molar-refractivity contribution in [2.75, 3.05) is 18.0 Å². The van der Waals surface area contributed by atoms with E-state index in [-0.39, 0.29) is 0 Å². The summed E-state index contributed by atoms with van der Waals surface area (Å²) in [5, 5.41) is 9.84. The molecule has 1 atom stereocenters. The summed E-state index contributed by atoms with van der Waals surface area (Å²) in [5.74, 6) is 1.06. The van der Waals surface area contributed by atoms with Gasteiger partial charge in [0, 0.05) is 19.3 Å². The highest BCUT2D eigenvalue weighted by Gasteiger charge is 2.12. The molecule has 0 aromatic carbocycles. The van der Waals surface area contributed by atoms with E-state index in [1.165, 1.54) is 0 Å². The van der Waals surface area contributed by atoms with Crippen molar-refractivity contribution in [3.8, 4) is 0 Å². The predicted octanol–water partition coefficient (Wildman–Crippen LogP) is 3.46. The van der Waals surface area contributed by atoms with Crippen molar-refractivity contribution in [1.82, 2.24) is 4.98 Å². The fourth-order valence-electron chi connectivity index (χ4n) is 2.20. The Morgan fingerprint density at radius 2 is 1.83 bits per heavy atom. The minimum Gasteiger partial charge on any atom is -0.388 e. The van der Waals surface area contributed by atoms with Gasteiger partial charge in [-0.15, -0.1) is 0 Å². The number of hydrogen-bond donors (Lipinski definition) is 1. The minimum atomic E-state index is -0.393. The lowest BCUT2D eigenvalue weighted by molar-refractivity contribution is 0.173. The fourth-order valence-corrected chi connectivity index (χ4v) is 2.20. The molecule has 1 N–H and O–H groups in total. The standard InChI is InChI=1S/C15H26N2O/c1-5-8-17(9-6-2)15-12(4)10-13(11-16-15)14(18)7-3/h10-11,14,18H,5-9H2,1-4H3. The SMILES string of the molecule is CCCN(CCC)c1ncc(C(O)CC)cc1C. The molecular formula is C15H26N2O. The van der Waals surface area contributed by atoms with E-state index in [1.807, 2.05) is 13.1 Å². The lowest BCUT2D eigenvalue weighted by Gasteiger charge is -2.25. The zero-order valence-corrected chi connectivity index (χ0v) is 12.1. The number of aromatic nitrogens is 1. The third kappa shape index (κ3) is 3.70. The second-order valence-corrected chi connectivity index (χ2v) is 4.82. The first-order valence-corrected chi connectivity index (χ1v) is 7.03. The molecule has 3 nitrogen and oxygen atoms in total. The van der Waals surface area contributed by atoms with E-state index in [4.69, 9.17) is 0 Å². The van der Waals surface area contributed by atoms with E-state index in [2.05, 4.69) is 36.7 Å². The maximum atomic E-state index is 9.84. The number of aliphatic hydroxyl groups excluding tert-OH is 1. The Hall–Kier alpha value is -1.09. The van der Waals surface area contributed by atoms with Gasteiger partial charge >= 0.3 is 0 Å². The third-order valence-electron chi connectivity index (χ3n) is 3.13. The van der Waals surface area contributed by atoms with Gasteiger partial charge in [0.2, 0.25) is 0 Å². The molecule has 0 saturated heterocycles. The maximum Gasteiger partial charge on any atom is 0.131 e. The lowest BCUT2D eigenvalue weighted by atomic mass is 10.1. The van der Waals surface area contributed by atoms with Crippen LogP contribution in [0, 0.1) is 6.92 Å². The van der Waals surface area contributed by atoms with Crippen LogP contribution in [0.5, 0.6) is 0 Å². The third-order valence-corrected chi connectivity index (χ3v) is 3.13. The molecule has 0 saturated carbocycles. The van der Waals surface area contributed by atoms with Gasteiger partial charge in [-0.3, -0.25) is 0 Å². The smallest absolute Gasteiger partial charge is 0.131 e. The Bertz CT molecular complexity index is 360. The van der Waals surface area contributed by atoms with Gasteiger partial charge in [-0.05, 0) is 43.4 Å². The molecule has 1 aromatic rings. The number of hydrogen-bond acceptors (Lipinski definition) is 3. The van der Waals surface area contributed by atoms with Gasteiger partial charge < -0.3 is 10.0 Å². The van der Waals surface area contributed by atoms with E-state index < -0.39 is 6.10 Å². The molecule has 1 aromatic heterocycles. The van der Waals surface area contributed by atoms with Crippen molar-refractivity contribution >= 4 is 5.82 Å².